The molecule has 3 saturated heterocycles. The zero-order chi connectivity index (χ0) is 16.6. The van der Waals surface area contributed by atoms with Gasteiger partial charge in [0.15, 0.2) is 0 Å². The molecule has 5 nitrogen and oxygen atoms in total. The third-order valence-corrected chi connectivity index (χ3v) is 6.72. The van der Waals surface area contributed by atoms with Crippen LogP contribution in [0.15, 0.2) is 29.2 Å². The lowest BCUT2D eigenvalue weighted by Crippen LogP contribution is -2.48. The molecule has 3 aliphatic heterocycles. The molecule has 1 amide bonds. The topological polar surface area (TPSA) is 57.7 Å². The maximum Gasteiger partial charge on any atom is 0.243 e. The standard InChI is InChI=1S/C16H21ClN2O3S/c1-2-8-19-14-7-6-12(16(19)20)10-18(11-14)23(21,22)15-5-3-4-13(17)9-15/h3-5,9,12,14H,2,6-8,10-11H2,1H3. The Morgan fingerprint density at radius 3 is 2.74 bits per heavy atom. The first-order valence-electron chi connectivity index (χ1n) is 7.99. The summed E-state index contributed by atoms with van der Waals surface area (Å²) in [4.78, 5) is 14.6. The van der Waals surface area contributed by atoms with E-state index in [2.05, 4.69) is 0 Å². The van der Waals surface area contributed by atoms with Crippen LogP contribution in [0.5, 0.6) is 0 Å². The van der Waals surface area contributed by atoms with E-state index in [9.17, 15) is 13.2 Å². The summed E-state index contributed by atoms with van der Waals surface area (Å²) in [5, 5.41) is 0.396. The number of carbonyl (C=O) groups excluding carboxylic acids is 1. The van der Waals surface area contributed by atoms with E-state index < -0.39 is 10.0 Å². The Kier molecular flexibility index (Phi) is 4.67. The molecule has 4 rings (SSSR count). The van der Waals surface area contributed by atoms with Crippen molar-refractivity contribution in [3.63, 3.8) is 0 Å². The fraction of sp³-hybridized carbons (Fsp3) is 0.562. The summed E-state index contributed by atoms with van der Waals surface area (Å²) in [5.41, 5.74) is 0. The fourth-order valence-electron chi connectivity index (χ4n) is 3.51. The molecule has 2 unspecified atom stereocenters. The van der Waals surface area contributed by atoms with Crippen molar-refractivity contribution in [3.8, 4) is 0 Å². The van der Waals surface area contributed by atoms with Gasteiger partial charge in [0.2, 0.25) is 15.9 Å². The highest BCUT2D eigenvalue weighted by molar-refractivity contribution is 7.89. The molecule has 2 bridgehead atoms. The van der Waals surface area contributed by atoms with Gasteiger partial charge in [-0.2, -0.15) is 4.31 Å². The van der Waals surface area contributed by atoms with E-state index in [-0.39, 0.29) is 29.3 Å². The molecule has 23 heavy (non-hydrogen) atoms. The predicted octanol–water partition coefficient (Wildman–Crippen LogP) is 2.36. The maximum absolute atomic E-state index is 12.9. The van der Waals surface area contributed by atoms with Gasteiger partial charge in [0.05, 0.1) is 10.8 Å². The number of nitrogens with zero attached hydrogens (tertiary/aromatic N) is 2. The van der Waals surface area contributed by atoms with Crippen LogP contribution in [0.1, 0.15) is 26.2 Å². The zero-order valence-corrected chi connectivity index (χ0v) is 14.7. The number of rotatable bonds is 4. The largest absolute Gasteiger partial charge is 0.338 e. The van der Waals surface area contributed by atoms with Gasteiger partial charge in [0, 0.05) is 30.7 Å². The van der Waals surface area contributed by atoms with Gasteiger partial charge in [-0.15, -0.1) is 0 Å². The van der Waals surface area contributed by atoms with Gasteiger partial charge in [-0.05, 0) is 37.5 Å². The lowest BCUT2D eigenvalue weighted by molar-refractivity contribution is -0.139. The monoisotopic (exact) mass is 356 g/mol. The molecule has 0 radical (unpaired) electrons. The summed E-state index contributed by atoms with van der Waals surface area (Å²) >= 11 is 5.93. The Bertz CT molecular complexity index is 707. The minimum Gasteiger partial charge on any atom is -0.338 e. The second kappa shape index (κ2) is 6.42. The van der Waals surface area contributed by atoms with Crippen LogP contribution in [0.2, 0.25) is 5.02 Å². The van der Waals surface area contributed by atoms with Crippen LogP contribution in [0.3, 0.4) is 0 Å². The number of piperidine rings is 1. The number of fused-ring (bicyclic) bond motifs is 4. The molecule has 3 heterocycles. The lowest BCUT2D eigenvalue weighted by atomic mass is 9.94. The average Bonchev–Trinajstić information content (AvgIpc) is 2.81. The quantitative estimate of drug-likeness (QED) is 0.832. The van der Waals surface area contributed by atoms with Crippen LogP contribution >= 0.6 is 11.6 Å². The van der Waals surface area contributed by atoms with E-state index in [1.807, 2.05) is 11.8 Å². The van der Waals surface area contributed by atoms with Crippen LogP contribution in [-0.4, -0.2) is 49.2 Å². The molecule has 0 N–H and O–H groups in total. The second-order valence-corrected chi connectivity index (χ2v) is 8.61. The number of hydrogen-bond donors (Lipinski definition) is 0. The van der Waals surface area contributed by atoms with Gasteiger partial charge >= 0.3 is 0 Å². The van der Waals surface area contributed by atoms with Crippen molar-refractivity contribution in [3.05, 3.63) is 29.3 Å². The summed E-state index contributed by atoms with van der Waals surface area (Å²) < 4.78 is 27.3. The van der Waals surface area contributed by atoms with Crippen LogP contribution < -0.4 is 0 Å². The van der Waals surface area contributed by atoms with Crippen molar-refractivity contribution < 1.29 is 13.2 Å². The number of amides is 1. The molecule has 1 aromatic rings. The number of hydrogen-bond acceptors (Lipinski definition) is 3. The Hall–Kier alpha value is -1.11. The molecule has 7 heteroatoms. The van der Waals surface area contributed by atoms with E-state index in [0.29, 0.717) is 18.1 Å². The molecule has 1 aromatic carbocycles. The normalized spacial score (nSPS) is 25.7. The molecule has 3 fully saturated rings. The SMILES string of the molecule is CCCN1C(=O)C2CCC1CN(S(=O)(=O)c1cccc(Cl)c1)C2. The zero-order valence-electron chi connectivity index (χ0n) is 13.1. The van der Waals surface area contributed by atoms with Crippen molar-refractivity contribution in [2.45, 2.75) is 37.1 Å². The third kappa shape index (κ3) is 3.12. The molecular formula is C16H21ClN2O3S. The summed E-state index contributed by atoms with van der Waals surface area (Å²) in [7, 11) is -3.63. The molecule has 3 aliphatic rings. The lowest BCUT2D eigenvalue weighted by Gasteiger charge is -2.35. The minimum atomic E-state index is -3.63. The maximum atomic E-state index is 12.9. The summed E-state index contributed by atoms with van der Waals surface area (Å²) in [6, 6.07) is 6.29. The second-order valence-electron chi connectivity index (χ2n) is 6.24. The van der Waals surface area contributed by atoms with Gasteiger partial charge in [-0.1, -0.05) is 24.6 Å². The first-order valence-corrected chi connectivity index (χ1v) is 9.81. The van der Waals surface area contributed by atoms with E-state index in [1.165, 1.54) is 10.4 Å². The number of halogens is 1. The summed E-state index contributed by atoms with van der Waals surface area (Å²) in [6.45, 7) is 3.37. The van der Waals surface area contributed by atoms with Crippen LogP contribution in [0, 0.1) is 5.92 Å². The van der Waals surface area contributed by atoms with Gasteiger partial charge in [0.1, 0.15) is 0 Å². The number of sulfonamides is 1. The number of carbonyl (C=O) groups is 1. The molecule has 0 saturated carbocycles. The Labute approximate surface area is 142 Å². The van der Waals surface area contributed by atoms with Crippen molar-refractivity contribution in [2.24, 2.45) is 5.92 Å². The smallest absolute Gasteiger partial charge is 0.243 e. The number of benzene rings is 1. The molecule has 2 atom stereocenters. The molecular weight excluding hydrogens is 336 g/mol. The van der Waals surface area contributed by atoms with Crippen molar-refractivity contribution in [1.29, 1.82) is 0 Å². The highest BCUT2D eigenvalue weighted by Gasteiger charge is 2.43. The summed E-state index contributed by atoms with van der Waals surface area (Å²) in [5.74, 6) is -0.124. The van der Waals surface area contributed by atoms with E-state index in [4.69, 9.17) is 11.6 Å². The first kappa shape index (κ1) is 16.7. The molecule has 0 spiro atoms. The van der Waals surface area contributed by atoms with Crippen molar-refractivity contribution in [2.75, 3.05) is 19.6 Å². The Morgan fingerprint density at radius 1 is 1.26 bits per heavy atom. The highest BCUT2D eigenvalue weighted by atomic mass is 35.5. The third-order valence-electron chi connectivity index (χ3n) is 4.66. The van der Waals surface area contributed by atoms with Crippen LogP contribution in [0.4, 0.5) is 0 Å². The van der Waals surface area contributed by atoms with Gasteiger partial charge in [-0.3, -0.25) is 4.79 Å². The molecule has 0 aliphatic carbocycles. The van der Waals surface area contributed by atoms with Crippen molar-refractivity contribution >= 4 is 27.5 Å². The van der Waals surface area contributed by atoms with Gasteiger partial charge < -0.3 is 4.90 Å². The average molecular weight is 357 g/mol. The van der Waals surface area contributed by atoms with Crippen LogP contribution in [-0.2, 0) is 14.8 Å². The first-order chi connectivity index (χ1) is 10.9. The van der Waals surface area contributed by atoms with E-state index >= 15 is 0 Å². The van der Waals surface area contributed by atoms with Crippen molar-refractivity contribution in [1.82, 2.24) is 9.21 Å². The van der Waals surface area contributed by atoms with Crippen LogP contribution in [0.25, 0.3) is 0 Å². The minimum absolute atomic E-state index is 0.0184. The Balaban J connectivity index is 1.91. The Morgan fingerprint density at radius 2 is 2.04 bits per heavy atom. The predicted molar refractivity (Wildman–Crippen MR) is 88.7 cm³/mol. The van der Waals surface area contributed by atoms with E-state index in [1.54, 1.807) is 18.2 Å². The molecule has 126 valence electrons. The van der Waals surface area contributed by atoms with Gasteiger partial charge in [0.25, 0.3) is 0 Å². The van der Waals surface area contributed by atoms with E-state index in [0.717, 1.165) is 19.3 Å². The highest BCUT2D eigenvalue weighted by Crippen LogP contribution is 2.32. The fourth-order valence-corrected chi connectivity index (χ4v) is 5.33. The molecule has 0 aromatic heterocycles. The van der Waals surface area contributed by atoms with Gasteiger partial charge in [-0.25, -0.2) is 8.42 Å². The summed E-state index contributed by atoms with van der Waals surface area (Å²) in [6.07, 6.45) is 2.53.